The summed E-state index contributed by atoms with van der Waals surface area (Å²) in [7, 11) is 0. The molecule has 3 heterocycles. The number of hydrogen-bond acceptors (Lipinski definition) is 4. The smallest absolute Gasteiger partial charge is 0.225 e. The fourth-order valence-electron chi connectivity index (χ4n) is 4.04. The third kappa shape index (κ3) is 2.81. The number of nitrogens with one attached hydrogen (secondary N) is 1. The molecule has 2 aromatic rings. The monoisotopic (exact) mass is 326 g/mol. The van der Waals surface area contributed by atoms with Crippen molar-refractivity contribution in [3.63, 3.8) is 0 Å². The zero-order chi connectivity index (χ0) is 16.5. The average molecular weight is 326 g/mol. The molecule has 1 unspecified atom stereocenters. The van der Waals surface area contributed by atoms with Crippen LogP contribution >= 0.6 is 0 Å². The van der Waals surface area contributed by atoms with Crippen molar-refractivity contribution in [2.24, 2.45) is 5.92 Å². The Kier molecular flexibility index (Phi) is 4.04. The molecule has 24 heavy (non-hydrogen) atoms. The number of piperidine rings is 1. The normalized spacial score (nSPS) is 22.9. The van der Waals surface area contributed by atoms with Crippen molar-refractivity contribution in [1.29, 1.82) is 0 Å². The molecule has 126 valence electrons. The maximum absolute atomic E-state index is 12.8. The third-order valence-electron chi connectivity index (χ3n) is 5.39. The molecule has 2 fully saturated rings. The fraction of sp³-hybridized carbons (Fsp3) is 0.556. The van der Waals surface area contributed by atoms with Crippen molar-refractivity contribution >= 4 is 22.7 Å². The van der Waals surface area contributed by atoms with Gasteiger partial charge >= 0.3 is 0 Å². The lowest BCUT2D eigenvalue weighted by atomic mass is 9.86. The van der Waals surface area contributed by atoms with Crippen LogP contribution in [0.1, 0.15) is 50.1 Å². The minimum absolute atomic E-state index is 0.0293. The van der Waals surface area contributed by atoms with Crippen molar-refractivity contribution in [3.05, 3.63) is 24.0 Å². The molecule has 1 N–H and O–H groups in total. The van der Waals surface area contributed by atoms with Gasteiger partial charge in [0.05, 0.1) is 0 Å². The van der Waals surface area contributed by atoms with E-state index in [0.717, 1.165) is 55.5 Å². The fourth-order valence-corrected chi connectivity index (χ4v) is 4.04. The van der Waals surface area contributed by atoms with E-state index in [1.807, 2.05) is 17.0 Å². The predicted octanol–water partition coefficient (Wildman–Crippen LogP) is 2.42. The number of hydrogen-bond donors (Lipinski definition) is 1. The molecule has 1 aliphatic heterocycles. The maximum Gasteiger partial charge on any atom is 0.225 e. The number of likely N-dealkylation sites (tertiary alicyclic amines) is 1. The summed E-state index contributed by atoms with van der Waals surface area (Å²) in [5, 5.41) is 8.47. The maximum atomic E-state index is 12.8. The second kappa shape index (κ2) is 6.34. The highest BCUT2D eigenvalue weighted by Crippen LogP contribution is 2.32. The number of fused-ring (bicyclic) bond motifs is 1. The zero-order valence-electron chi connectivity index (χ0n) is 13.7. The molecule has 0 bridgehead atoms. The van der Waals surface area contributed by atoms with Gasteiger partial charge in [0.25, 0.3) is 0 Å². The lowest BCUT2D eigenvalue weighted by Crippen LogP contribution is -2.43. The van der Waals surface area contributed by atoms with E-state index in [4.69, 9.17) is 0 Å². The van der Waals surface area contributed by atoms with Crippen LogP contribution in [-0.2, 0) is 9.59 Å². The molecule has 4 rings (SSSR count). The van der Waals surface area contributed by atoms with Crippen LogP contribution in [0.3, 0.4) is 0 Å². The number of Topliss-reactive ketones (excluding diaryl/α,β-unsaturated/α-hetero) is 1. The first kappa shape index (κ1) is 15.3. The number of amides is 1. The largest absolute Gasteiger partial charge is 0.342 e. The summed E-state index contributed by atoms with van der Waals surface area (Å²) in [5.74, 6) is 0.838. The van der Waals surface area contributed by atoms with E-state index < -0.39 is 0 Å². The molecule has 0 radical (unpaired) electrons. The summed E-state index contributed by atoms with van der Waals surface area (Å²) in [5.41, 5.74) is 1.83. The van der Waals surface area contributed by atoms with E-state index in [0.29, 0.717) is 18.6 Å². The summed E-state index contributed by atoms with van der Waals surface area (Å²) in [6.45, 7) is 1.56. The SMILES string of the molecule is O=C1CCC(C(=O)N2CCCC(c3[nH]nc4ncccc34)C2)CC1. The first-order chi connectivity index (χ1) is 11.7. The van der Waals surface area contributed by atoms with E-state index >= 15 is 0 Å². The second-order valence-electron chi connectivity index (χ2n) is 6.95. The van der Waals surface area contributed by atoms with Gasteiger partial charge in [-0.3, -0.25) is 14.7 Å². The number of aromatic nitrogens is 3. The van der Waals surface area contributed by atoms with E-state index in [2.05, 4.69) is 15.2 Å². The Morgan fingerprint density at radius 1 is 1.25 bits per heavy atom. The lowest BCUT2D eigenvalue weighted by molar-refractivity contribution is -0.138. The van der Waals surface area contributed by atoms with Gasteiger partial charge in [0, 0.05) is 55.0 Å². The molecule has 2 aliphatic rings. The molecule has 0 spiro atoms. The highest BCUT2D eigenvalue weighted by molar-refractivity contribution is 5.85. The molecule has 1 aliphatic carbocycles. The number of carbonyl (C=O) groups is 2. The van der Waals surface area contributed by atoms with Gasteiger partial charge in [0.2, 0.25) is 5.91 Å². The lowest BCUT2D eigenvalue weighted by Gasteiger charge is -2.35. The molecule has 1 saturated carbocycles. The number of ketones is 1. The highest BCUT2D eigenvalue weighted by Gasteiger charge is 2.32. The molecule has 0 aromatic carbocycles. The Balaban J connectivity index is 1.49. The number of rotatable bonds is 2. The van der Waals surface area contributed by atoms with E-state index in [9.17, 15) is 9.59 Å². The molecule has 2 aromatic heterocycles. The Bertz CT molecular complexity index is 759. The van der Waals surface area contributed by atoms with Crippen LogP contribution in [0.25, 0.3) is 11.0 Å². The van der Waals surface area contributed by atoms with E-state index in [-0.39, 0.29) is 17.7 Å². The topological polar surface area (TPSA) is 79.0 Å². The molecule has 1 saturated heterocycles. The number of pyridine rings is 1. The average Bonchev–Trinajstić information content (AvgIpc) is 3.06. The first-order valence-corrected chi connectivity index (χ1v) is 8.82. The summed E-state index contributed by atoms with van der Waals surface area (Å²) in [6.07, 6.45) is 6.36. The van der Waals surface area contributed by atoms with E-state index in [1.165, 1.54) is 0 Å². The Labute approximate surface area is 140 Å². The van der Waals surface area contributed by atoms with E-state index in [1.54, 1.807) is 6.20 Å². The third-order valence-corrected chi connectivity index (χ3v) is 5.39. The van der Waals surface area contributed by atoms with Crippen molar-refractivity contribution in [3.8, 4) is 0 Å². The summed E-state index contributed by atoms with van der Waals surface area (Å²) >= 11 is 0. The van der Waals surface area contributed by atoms with Crippen molar-refractivity contribution in [1.82, 2.24) is 20.1 Å². The molecule has 6 nitrogen and oxygen atoms in total. The van der Waals surface area contributed by atoms with Gasteiger partial charge in [0.15, 0.2) is 5.65 Å². The zero-order valence-corrected chi connectivity index (χ0v) is 13.7. The minimum Gasteiger partial charge on any atom is -0.342 e. The molecule has 6 heteroatoms. The van der Waals surface area contributed by atoms with Crippen LogP contribution in [0.2, 0.25) is 0 Å². The standard InChI is InChI=1S/C18H22N4O2/c23-14-7-5-12(6-8-14)18(24)22-10-2-3-13(11-22)16-15-4-1-9-19-17(15)21-20-16/h1,4,9,12-13H,2-3,5-8,10-11H2,(H,19,20,21). The van der Waals surface area contributed by atoms with Gasteiger partial charge in [-0.2, -0.15) is 5.10 Å². The number of aromatic amines is 1. The Hall–Kier alpha value is -2.24. The first-order valence-electron chi connectivity index (χ1n) is 8.82. The summed E-state index contributed by atoms with van der Waals surface area (Å²) in [4.78, 5) is 30.5. The van der Waals surface area contributed by atoms with Gasteiger partial charge in [-0.15, -0.1) is 0 Å². The summed E-state index contributed by atoms with van der Waals surface area (Å²) in [6, 6.07) is 3.96. The molecule has 1 amide bonds. The van der Waals surface area contributed by atoms with Crippen LogP contribution in [0.5, 0.6) is 0 Å². The van der Waals surface area contributed by atoms with Crippen LogP contribution in [0, 0.1) is 5.92 Å². The summed E-state index contributed by atoms with van der Waals surface area (Å²) < 4.78 is 0. The van der Waals surface area contributed by atoms with Gasteiger partial charge < -0.3 is 4.90 Å². The van der Waals surface area contributed by atoms with Gasteiger partial charge in [-0.05, 0) is 37.8 Å². The van der Waals surface area contributed by atoms with Crippen molar-refractivity contribution in [2.45, 2.75) is 44.4 Å². The van der Waals surface area contributed by atoms with Gasteiger partial charge in [-0.1, -0.05) is 0 Å². The van der Waals surface area contributed by atoms with Crippen molar-refractivity contribution in [2.75, 3.05) is 13.1 Å². The predicted molar refractivity (Wildman–Crippen MR) is 89.4 cm³/mol. The Morgan fingerprint density at radius 2 is 2.08 bits per heavy atom. The Morgan fingerprint density at radius 3 is 2.92 bits per heavy atom. The molecular weight excluding hydrogens is 304 g/mol. The minimum atomic E-state index is 0.0293. The quantitative estimate of drug-likeness (QED) is 0.919. The highest BCUT2D eigenvalue weighted by atomic mass is 16.2. The number of carbonyl (C=O) groups excluding carboxylic acids is 2. The molecule has 1 atom stereocenters. The van der Waals surface area contributed by atoms with Crippen LogP contribution in [-0.4, -0.2) is 44.9 Å². The second-order valence-corrected chi connectivity index (χ2v) is 6.95. The van der Waals surface area contributed by atoms with Crippen LogP contribution < -0.4 is 0 Å². The van der Waals surface area contributed by atoms with Crippen molar-refractivity contribution < 1.29 is 9.59 Å². The number of H-pyrrole nitrogens is 1. The van der Waals surface area contributed by atoms with Crippen LogP contribution in [0.4, 0.5) is 0 Å². The van der Waals surface area contributed by atoms with Gasteiger partial charge in [0.1, 0.15) is 5.78 Å². The van der Waals surface area contributed by atoms with Crippen LogP contribution in [0.15, 0.2) is 18.3 Å². The number of nitrogens with zero attached hydrogens (tertiary/aromatic N) is 3. The van der Waals surface area contributed by atoms with Gasteiger partial charge in [-0.25, -0.2) is 4.98 Å². The molecular formula is C18H22N4O2.